The molecule has 2 rings (SSSR count). The van der Waals surface area contributed by atoms with Gasteiger partial charge in [0, 0.05) is 25.3 Å². The number of piperidine rings is 1. The molecule has 1 aromatic rings. The normalized spacial score (nSPS) is 19.0. The number of hydrogen-bond acceptors (Lipinski definition) is 4. The highest BCUT2D eigenvalue weighted by Gasteiger charge is 2.23. The number of nitrogens with zero attached hydrogens (tertiary/aromatic N) is 3. The summed E-state index contributed by atoms with van der Waals surface area (Å²) in [6.07, 6.45) is 6.23. The Morgan fingerprint density at radius 2 is 2.15 bits per heavy atom. The van der Waals surface area contributed by atoms with Crippen molar-refractivity contribution >= 4 is 5.82 Å². The maximum absolute atomic E-state index is 6.12. The lowest BCUT2D eigenvalue weighted by Gasteiger charge is -2.36. The van der Waals surface area contributed by atoms with Gasteiger partial charge in [0.25, 0.3) is 0 Å². The number of rotatable bonds is 5. The van der Waals surface area contributed by atoms with Crippen molar-refractivity contribution in [2.75, 3.05) is 32.1 Å². The maximum Gasteiger partial charge on any atom is 0.131 e. The summed E-state index contributed by atoms with van der Waals surface area (Å²) in [5.41, 5.74) is 7.40. The van der Waals surface area contributed by atoms with Crippen molar-refractivity contribution in [2.45, 2.75) is 44.7 Å². The molecule has 1 atom stereocenters. The number of anilines is 1. The fourth-order valence-corrected chi connectivity index (χ4v) is 2.89. The van der Waals surface area contributed by atoms with Crippen molar-refractivity contribution in [3.63, 3.8) is 0 Å². The molecule has 0 bridgehead atoms. The van der Waals surface area contributed by atoms with Crippen molar-refractivity contribution < 1.29 is 0 Å². The van der Waals surface area contributed by atoms with Crippen LogP contribution in [0.3, 0.4) is 0 Å². The summed E-state index contributed by atoms with van der Waals surface area (Å²) in [5, 5.41) is 0. The van der Waals surface area contributed by atoms with E-state index >= 15 is 0 Å². The molecule has 1 fully saturated rings. The van der Waals surface area contributed by atoms with E-state index in [2.05, 4.69) is 41.9 Å². The molecule has 1 saturated heterocycles. The minimum Gasteiger partial charge on any atom is -0.356 e. The minimum atomic E-state index is 0.226. The molecule has 1 aliphatic rings. The van der Waals surface area contributed by atoms with Crippen LogP contribution < -0.4 is 10.6 Å². The van der Waals surface area contributed by atoms with Gasteiger partial charge < -0.3 is 15.5 Å². The zero-order chi connectivity index (χ0) is 14.5. The number of hydrogen-bond donors (Lipinski definition) is 1. The van der Waals surface area contributed by atoms with Crippen LogP contribution >= 0.6 is 0 Å². The predicted octanol–water partition coefficient (Wildman–Crippen LogP) is 1.89. The highest BCUT2D eigenvalue weighted by Crippen LogP contribution is 2.24. The Labute approximate surface area is 123 Å². The largest absolute Gasteiger partial charge is 0.356 e. The zero-order valence-corrected chi connectivity index (χ0v) is 13.0. The third-order valence-corrected chi connectivity index (χ3v) is 4.44. The van der Waals surface area contributed by atoms with E-state index in [1.165, 1.54) is 31.5 Å². The average molecular weight is 276 g/mol. The lowest BCUT2D eigenvalue weighted by Crippen LogP contribution is -2.42. The van der Waals surface area contributed by atoms with Crippen LogP contribution in [0.1, 0.15) is 31.7 Å². The van der Waals surface area contributed by atoms with Crippen LogP contribution in [0.15, 0.2) is 18.3 Å². The van der Waals surface area contributed by atoms with Crippen LogP contribution in [-0.4, -0.2) is 49.2 Å². The van der Waals surface area contributed by atoms with Gasteiger partial charge in [-0.3, -0.25) is 0 Å². The smallest absolute Gasteiger partial charge is 0.131 e. The van der Waals surface area contributed by atoms with Gasteiger partial charge in [-0.1, -0.05) is 13.0 Å². The highest BCUT2D eigenvalue weighted by atomic mass is 15.2. The molecule has 0 aliphatic carbocycles. The van der Waals surface area contributed by atoms with Gasteiger partial charge in [0.1, 0.15) is 5.82 Å². The van der Waals surface area contributed by atoms with Crippen molar-refractivity contribution in [1.82, 2.24) is 9.88 Å². The number of aromatic nitrogens is 1. The third-order valence-electron chi connectivity index (χ3n) is 4.44. The summed E-state index contributed by atoms with van der Waals surface area (Å²) in [5.74, 6) is 1.12. The molecule has 0 radical (unpaired) electrons. The molecule has 1 aliphatic heterocycles. The summed E-state index contributed by atoms with van der Waals surface area (Å²) in [4.78, 5) is 9.38. The summed E-state index contributed by atoms with van der Waals surface area (Å²) < 4.78 is 0. The van der Waals surface area contributed by atoms with Crippen LogP contribution in [0, 0.1) is 0 Å². The van der Waals surface area contributed by atoms with E-state index in [0.717, 1.165) is 18.7 Å². The molecule has 1 unspecified atom stereocenters. The van der Waals surface area contributed by atoms with Crippen LogP contribution in [0.5, 0.6) is 0 Å². The molecule has 0 saturated carbocycles. The van der Waals surface area contributed by atoms with Gasteiger partial charge in [-0.05, 0) is 57.5 Å². The molecule has 0 spiro atoms. The van der Waals surface area contributed by atoms with E-state index in [9.17, 15) is 0 Å². The standard InChI is InChI=1S/C16H28N4/c1-4-14(17)12-13-6-5-9-18-16(13)20(3)15-7-10-19(2)11-8-15/h5-6,9,14-15H,4,7-8,10-12,17H2,1-3H3. The van der Waals surface area contributed by atoms with E-state index in [1.54, 1.807) is 0 Å². The Bertz CT molecular complexity index is 413. The predicted molar refractivity (Wildman–Crippen MR) is 85.1 cm³/mol. The second-order valence-corrected chi connectivity index (χ2v) is 6.00. The van der Waals surface area contributed by atoms with E-state index in [0.29, 0.717) is 6.04 Å². The first kappa shape index (κ1) is 15.3. The third kappa shape index (κ3) is 3.70. The molecule has 2 N–H and O–H groups in total. The van der Waals surface area contributed by atoms with Crippen LogP contribution in [0.2, 0.25) is 0 Å². The summed E-state index contributed by atoms with van der Waals surface area (Å²) in [6, 6.07) is 5.01. The SMILES string of the molecule is CCC(N)Cc1cccnc1N(C)C1CCN(C)CC1. The Hall–Kier alpha value is -1.13. The topological polar surface area (TPSA) is 45.4 Å². The van der Waals surface area contributed by atoms with Crippen LogP contribution in [0.4, 0.5) is 5.82 Å². The monoisotopic (exact) mass is 276 g/mol. The Morgan fingerprint density at radius 1 is 1.45 bits per heavy atom. The second-order valence-electron chi connectivity index (χ2n) is 6.00. The lowest BCUT2D eigenvalue weighted by atomic mass is 10.0. The first-order valence-electron chi connectivity index (χ1n) is 7.72. The molecule has 4 nitrogen and oxygen atoms in total. The minimum absolute atomic E-state index is 0.226. The average Bonchev–Trinajstić information content (AvgIpc) is 2.48. The van der Waals surface area contributed by atoms with Gasteiger partial charge >= 0.3 is 0 Å². The van der Waals surface area contributed by atoms with Crippen molar-refractivity contribution in [3.8, 4) is 0 Å². The Morgan fingerprint density at radius 3 is 2.80 bits per heavy atom. The number of likely N-dealkylation sites (tertiary alicyclic amines) is 1. The van der Waals surface area contributed by atoms with Crippen LogP contribution in [0.25, 0.3) is 0 Å². The molecule has 1 aromatic heterocycles. The van der Waals surface area contributed by atoms with Crippen molar-refractivity contribution in [3.05, 3.63) is 23.9 Å². The highest BCUT2D eigenvalue weighted by molar-refractivity contribution is 5.47. The molecule has 0 amide bonds. The van der Waals surface area contributed by atoms with Gasteiger partial charge in [-0.2, -0.15) is 0 Å². The van der Waals surface area contributed by atoms with E-state index in [-0.39, 0.29) is 6.04 Å². The van der Waals surface area contributed by atoms with Gasteiger partial charge in [0.05, 0.1) is 0 Å². The van der Waals surface area contributed by atoms with E-state index < -0.39 is 0 Å². The van der Waals surface area contributed by atoms with Gasteiger partial charge in [-0.25, -0.2) is 4.98 Å². The molecular weight excluding hydrogens is 248 g/mol. The van der Waals surface area contributed by atoms with Gasteiger partial charge in [-0.15, -0.1) is 0 Å². The number of nitrogens with two attached hydrogens (primary N) is 1. The fourth-order valence-electron chi connectivity index (χ4n) is 2.89. The summed E-state index contributed by atoms with van der Waals surface area (Å²) >= 11 is 0. The van der Waals surface area contributed by atoms with Gasteiger partial charge in [0.2, 0.25) is 0 Å². The van der Waals surface area contributed by atoms with Crippen molar-refractivity contribution in [1.29, 1.82) is 0 Å². The zero-order valence-electron chi connectivity index (χ0n) is 13.0. The molecule has 20 heavy (non-hydrogen) atoms. The number of pyridine rings is 1. The van der Waals surface area contributed by atoms with Crippen LogP contribution in [-0.2, 0) is 6.42 Å². The van der Waals surface area contributed by atoms with E-state index in [4.69, 9.17) is 5.73 Å². The fraction of sp³-hybridized carbons (Fsp3) is 0.688. The molecule has 4 heteroatoms. The summed E-state index contributed by atoms with van der Waals surface area (Å²) in [6.45, 7) is 4.48. The van der Waals surface area contributed by atoms with E-state index in [1.807, 2.05) is 12.3 Å². The molecule has 112 valence electrons. The van der Waals surface area contributed by atoms with Crippen molar-refractivity contribution in [2.24, 2.45) is 5.73 Å². The Balaban J connectivity index is 2.10. The summed E-state index contributed by atoms with van der Waals surface area (Å²) in [7, 11) is 4.38. The van der Waals surface area contributed by atoms with Gasteiger partial charge in [0.15, 0.2) is 0 Å². The first-order chi connectivity index (χ1) is 9.61. The molecule has 2 heterocycles. The second kappa shape index (κ2) is 7.04. The lowest BCUT2D eigenvalue weighted by molar-refractivity contribution is 0.252. The Kier molecular flexibility index (Phi) is 5.38. The molecule has 0 aromatic carbocycles. The maximum atomic E-state index is 6.12. The molecular formula is C16H28N4. The quantitative estimate of drug-likeness (QED) is 0.892. The first-order valence-corrected chi connectivity index (χ1v) is 7.72.